The molecule has 10 heteroatoms. The molecule has 2 rings (SSSR count). The topological polar surface area (TPSA) is 111 Å². The zero-order valence-corrected chi connectivity index (χ0v) is 23.0. The summed E-state index contributed by atoms with van der Waals surface area (Å²) in [6, 6.07) is 5.33. The number of carbonyl (C=O) groups is 2. The van der Waals surface area contributed by atoms with Gasteiger partial charge in [0.1, 0.15) is 12.4 Å². The molecule has 1 fully saturated rings. The summed E-state index contributed by atoms with van der Waals surface area (Å²) in [6.45, 7) is 7.70. The van der Waals surface area contributed by atoms with E-state index in [0.717, 1.165) is 50.9 Å². The fourth-order valence-electron chi connectivity index (χ4n) is 3.62. The van der Waals surface area contributed by atoms with Gasteiger partial charge in [-0.1, -0.05) is 0 Å². The van der Waals surface area contributed by atoms with E-state index >= 15 is 0 Å². The van der Waals surface area contributed by atoms with Crippen molar-refractivity contribution in [1.82, 2.24) is 5.32 Å². The first-order chi connectivity index (χ1) is 17.9. The summed E-state index contributed by atoms with van der Waals surface area (Å²) in [5, 5.41) is 2.79. The van der Waals surface area contributed by atoms with Crippen LogP contribution in [0.2, 0.25) is 0 Å². The van der Waals surface area contributed by atoms with Crippen molar-refractivity contribution in [2.75, 3.05) is 67.6 Å². The van der Waals surface area contributed by atoms with Crippen LogP contribution >= 0.6 is 0 Å². The lowest BCUT2D eigenvalue weighted by Gasteiger charge is -2.30. The second-order valence-electron chi connectivity index (χ2n) is 8.58. The standard InChI is InChI=1S/C19H30O6.C8H15NO3/c1-16-13-17(19(20)22-3)15-18(14-16)25-12-11-24-10-9-23-8-6-4-5-7-21-2;1-6(10)9-7-4-3-5-12-8(7)11-2/h13-15H,4-12H2,1-3H3;7-8H,3-5H2,1-2H3,(H,9,10). The minimum Gasteiger partial charge on any atom is -0.491 e. The van der Waals surface area contributed by atoms with E-state index in [1.54, 1.807) is 26.4 Å². The first kappa shape index (κ1) is 32.8. The van der Waals surface area contributed by atoms with Gasteiger partial charge in [-0.15, -0.1) is 0 Å². The van der Waals surface area contributed by atoms with Crippen molar-refractivity contribution in [2.24, 2.45) is 0 Å². The number of hydrogen-bond donors (Lipinski definition) is 1. The molecule has 0 radical (unpaired) electrons. The van der Waals surface area contributed by atoms with Crippen molar-refractivity contribution in [1.29, 1.82) is 0 Å². The third kappa shape index (κ3) is 15.6. The predicted octanol–water partition coefficient (Wildman–Crippen LogP) is 3.28. The highest BCUT2D eigenvalue weighted by Crippen LogP contribution is 2.17. The quantitative estimate of drug-likeness (QED) is 0.256. The van der Waals surface area contributed by atoms with Crippen molar-refractivity contribution in [3.05, 3.63) is 29.3 Å². The molecule has 2 atom stereocenters. The first-order valence-corrected chi connectivity index (χ1v) is 12.8. The van der Waals surface area contributed by atoms with Gasteiger partial charge in [0, 0.05) is 41.0 Å². The molecule has 1 N–H and O–H groups in total. The molecule has 212 valence electrons. The molecule has 1 aromatic rings. The number of benzene rings is 1. The normalized spacial score (nSPS) is 16.9. The molecule has 0 bridgehead atoms. The van der Waals surface area contributed by atoms with Crippen molar-refractivity contribution >= 4 is 11.9 Å². The summed E-state index contributed by atoms with van der Waals surface area (Å²) in [5.74, 6) is 0.230. The van der Waals surface area contributed by atoms with Crippen LogP contribution in [0.15, 0.2) is 18.2 Å². The Kier molecular flexibility index (Phi) is 18.4. The Bertz CT molecular complexity index is 759. The molecule has 1 aromatic carbocycles. The summed E-state index contributed by atoms with van der Waals surface area (Å²) in [7, 11) is 4.67. The van der Waals surface area contributed by atoms with E-state index in [1.807, 2.05) is 13.0 Å². The van der Waals surface area contributed by atoms with E-state index < -0.39 is 0 Å². The molecule has 0 saturated carbocycles. The summed E-state index contributed by atoms with van der Waals surface area (Å²) < 4.78 is 36.7. The third-order valence-electron chi connectivity index (χ3n) is 5.37. The molecule has 1 aliphatic rings. The predicted molar refractivity (Wildman–Crippen MR) is 139 cm³/mol. The van der Waals surface area contributed by atoms with Crippen molar-refractivity contribution in [2.45, 2.75) is 58.3 Å². The molecule has 37 heavy (non-hydrogen) atoms. The lowest BCUT2D eigenvalue weighted by Crippen LogP contribution is -2.47. The number of methoxy groups -OCH3 is 3. The van der Waals surface area contributed by atoms with Crippen LogP contribution in [0.5, 0.6) is 5.75 Å². The minimum atomic E-state index is -0.371. The van der Waals surface area contributed by atoms with Crippen LogP contribution in [0.25, 0.3) is 0 Å². The first-order valence-electron chi connectivity index (χ1n) is 12.8. The van der Waals surface area contributed by atoms with E-state index in [2.05, 4.69) is 5.32 Å². The summed E-state index contributed by atoms with van der Waals surface area (Å²) in [6.07, 6.45) is 4.87. The second-order valence-corrected chi connectivity index (χ2v) is 8.58. The Balaban J connectivity index is 0.000000474. The Morgan fingerprint density at radius 2 is 1.65 bits per heavy atom. The maximum atomic E-state index is 11.6. The van der Waals surface area contributed by atoms with Gasteiger partial charge in [0.15, 0.2) is 6.29 Å². The van der Waals surface area contributed by atoms with Gasteiger partial charge < -0.3 is 38.5 Å². The minimum absolute atomic E-state index is 0.0150. The molecule has 1 saturated heterocycles. The number of hydrogen-bond acceptors (Lipinski definition) is 9. The fourth-order valence-corrected chi connectivity index (χ4v) is 3.62. The van der Waals surface area contributed by atoms with Crippen LogP contribution in [0.1, 0.15) is 54.9 Å². The average molecular weight is 528 g/mol. The molecule has 0 aliphatic carbocycles. The molecule has 1 amide bonds. The summed E-state index contributed by atoms with van der Waals surface area (Å²) >= 11 is 0. The number of esters is 1. The van der Waals surface area contributed by atoms with E-state index in [9.17, 15) is 9.59 Å². The maximum Gasteiger partial charge on any atom is 0.337 e. The van der Waals surface area contributed by atoms with Crippen molar-refractivity contribution in [3.63, 3.8) is 0 Å². The van der Waals surface area contributed by atoms with Gasteiger partial charge in [0.2, 0.25) is 5.91 Å². The lowest BCUT2D eigenvalue weighted by atomic mass is 10.1. The number of unbranched alkanes of at least 4 members (excludes halogenated alkanes) is 2. The Hall–Kier alpha value is -2.24. The number of amides is 1. The van der Waals surface area contributed by atoms with Crippen molar-refractivity contribution < 1.29 is 42.7 Å². The van der Waals surface area contributed by atoms with Gasteiger partial charge in [0.05, 0.1) is 38.5 Å². The molecule has 0 aromatic heterocycles. The SMILES string of the molecule is COC1OCCCC1NC(C)=O.COCCCCCOCCOCCOc1cc(C)cc(C(=O)OC)c1. The van der Waals surface area contributed by atoms with Crippen LogP contribution in [0.3, 0.4) is 0 Å². The van der Waals surface area contributed by atoms with Gasteiger partial charge >= 0.3 is 5.97 Å². The second kappa shape index (κ2) is 20.8. The monoisotopic (exact) mass is 527 g/mol. The zero-order chi connectivity index (χ0) is 27.3. The van der Waals surface area contributed by atoms with E-state index in [0.29, 0.717) is 44.3 Å². The van der Waals surface area contributed by atoms with E-state index in [1.165, 1.54) is 14.0 Å². The largest absolute Gasteiger partial charge is 0.491 e. The molecule has 1 heterocycles. The summed E-state index contributed by atoms with van der Waals surface area (Å²) in [5.41, 5.74) is 1.43. The smallest absolute Gasteiger partial charge is 0.337 e. The maximum absolute atomic E-state index is 11.6. The number of rotatable bonds is 16. The zero-order valence-electron chi connectivity index (χ0n) is 23.0. The molecule has 2 unspecified atom stereocenters. The molecule has 1 aliphatic heterocycles. The van der Waals surface area contributed by atoms with Crippen LogP contribution < -0.4 is 10.1 Å². The van der Waals surface area contributed by atoms with Gasteiger partial charge in [-0.05, 0) is 62.8 Å². The fraction of sp³-hybridized carbons (Fsp3) is 0.704. The van der Waals surface area contributed by atoms with Crippen LogP contribution in [0.4, 0.5) is 0 Å². The van der Waals surface area contributed by atoms with Crippen LogP contribution in [0, 0.1) is 6.92 Å². The van der Waals surface area contributed by atoms with Gasteiger partial charge in [0.25, 0.3) is 0 Å². The van der Waals surface area contributed by atoms with Gasteiger partial charge in [-0.2, -0.15) is 0 Å². The van der Waals surface area contributed by atoms with Gasteiger partial charge in [-0.25, -0.2) is 4.79 Å². The molecular formula is C27H45NO9. The van der Waals surface area contributed by atoms with E-state index in [-0.39, 0.29) is 24.2 Å². The average Bonchev–Trinajstić information content (AvgIpc) is 2.89. The summed E-state index contributed by atoms with van der Waals surface area (Å²) in [4.78, 5) is 22.3. The van der Waals surface area contributed by atoms with Crippen LogP contribution in [-0.4, -0.2) is 91.8 Å². The number of nitrogens with one attached hydrogen (secondary N) is 1. The highest BCUT2D eigenvalue weighted by molar-refractivity contribution is 5.90. The number of aryl methyl sites for hydroxylation is 1. The van der Waals surface area contributed by atoms with E-state index in [4.69, 9.17) is 33.2 Å². The Morgan fingerprint density at radius 1 is 0.946 bits per heavy atom. The highest BCUT2D eigenvalue weighted by atomic mass is 16.7. The Labute approximate surface area is 221 Å². The Morgan fingerprint density at radius 3 is 2.32 bits per heavy atom. The van der Waals surface area contributed by atoms with Crippen LogP contribution in [-0.2, 0) is 33.2 Å². The number of ether oxygens (including phenoxy) is 7. The third-order valence-corrected chi connectivity index (χ3v) is 5.37. The molecule has 10 nitrogen and oxygen atoms in total. The van der Waals surface area contributed by atoms with Crippen molar-refractivity contribution in [3.8, 4) is 5.75 Å². The number of carbonyl (C=O) groups excluding carboxylic acids is 2. The lowest BCUT2D eigenvalue weighted by molar-refractivity contribution is -0.165. The molecular weight excluding hydrogens is 482 g/mol. The highest BCUT2D eigenvalue weighted by Gasteiger charge is 2.25. The van der Waals surface area contributed by atoms with Gasteiger partial charge in [-0.3, -0.25) is 4.79 Å². The molecule has 0 spiro atoms.